The van der Waals surface area contributed by atoms with Crippen LogP contribution < -0.4 is 15.8 Å². The second kappa shape index (κ2) is 8.84. The van der Waals surface area contributed by atoms with E-state index >= 15 is 0 Å². The molecule has 1 aromatic rings. The molecule has 0 heterocycles. The van der Waals surface area contributed by atoms with E-state index in [1.165, 1.54) is 0 Å². The first-order chi connectivity index (χ1) is 10.1. The van der Waals surface area contributed by atoms with Crippen molar-refractivity contribution in [2.24, 2.45) is 10.7 Å². The summed E-state index contributed by atoms with van der Waals surface area (Å²) in [6, 6.07) is 7.43. The number of methoxy groups -OCH3 is 1. The zero-order valence-corrected chi connectivity index (χ0v) is 12.9. The van der Waals surface area contributed by atoms with Crippen molar-refractivity contribution in [3.05, 3.63) is 24.3 Å². The first-order valence-corrected chi connectivity index (χ1v) is 7.10. The highest BCUT2D eigenvalue weighted by Crippen LogP contribution is 2.22. The standard InChI is InChI=1S/C15H24N4O2/c1-4-19(5-2)14(20)10-11-17-15(16)18-12-8-6-7-9-13(12)21-3/h6-9H,4-5,10-11H2,1-3H3,(H3,16,17,18). The SMILES string of the molecule is CCN(CC)C(=O)CCN=C(N)Nc1ccccc1OC. The van der Waals surface area contributed by atoms with Crippen LogP contribution in [0.4, 0.5) is 5.69 Å². The van der Waals surface area contributed by atoms with Crippen LogP contribution in [0.25, 0.3) is 0 Å². The van der Waals surface area contributed by atoms with E-state index in [2.05, 4.69) is 10.3 Å². The Morgan fingerprint density at radius 1 is 1.33 bits per heavy atom. The molecule has 0 bridgehead atoms. The summed E-state index contributed by atoms with van der Waals surface area (Å²) in [6.45, 7) is 5.72. The number of ether oxygens (including phenoxy) is 1. The number of rotatable bonds is 7. The third-order valence-electron chi connectivity index (χ3n) is 3.09. The van der Waals surface area contributed by atoms with E-state index in [0.29, 0.717) is 31.8 Å². The van der Waals surface area contributed by atoms with Crippen LogP contribution in [0, 0.1) is 0 Å². The van der Waals surface area contributed by atoms with Crippen LogP contribution in [-0.2, 0) is 4.79 Å². The van der Waals surface area contributed by atoms with Crippen LogP contribution in [0.2, 0.25) is 0 Å². The van der Waals surface area contributed by atoms with Gasteiger partial charge in [-0.1, -0.05) is 12.1 Å². The lowest BCUT2D eigenvalue weighted by atomic mass is 10.3. The van der Waals surface area contributed by atoms with Gasteiger partial charge in [0.1, 0.15) is 5.75 Å². The molecule has 1 aromatic carbocycles. The van der Waals surface area contributed by atoms with Crippen LogP contribution in [0.15, 0.2) is 29.3 Å². The molecular formula is C15H24N4O2. The van der Waals surface area contributed by atoms with E-state index in [-0.39, 0.29) is 11.9 Å². The minimum absolute atomic E-state index is 0.0915. The molecule has 0 unspecified atom stereocenters. The number of para-hydroxylation sites is 2. The van der Waals surface area contributed by atoms with Crippen molar-refractivity contribution in [3.8, 4) is 5.75 Å². The number of carbonyl (C=O) groups excluding carboxylic acids is 1. The Morgan fingerprint density at radius 2 is 2.00 bits per heavy atom. The van der Waals surface area contributed by atoms with Gasteiger partial charge in [0, 0.05) is 19.5 Å². The highest BCUT2D eigenvalue weighted by Gasteiger charge is 2.08. The van der Waals surface area contributed by atoms with Gasteiger partial charge in [-0.2, -0.15) is 0 Å². The minimum atomic E-state index is 0.0915. The fraction of sp³-hybridized carbons (Fsp3) is 0.467. The van der Waals surface area contributed by atoms with Gasteiger partial charge < -0.3 is 20.7 Å². The number of carbonyl (C=O) groups is 1. The van der Waals surface area contributed by atoms with Crippen LogP contribution in [-0.4, -0.2) is 43.5 Å². The molecule has 3 N–H and O–H groups in total. The van der Waals surface area contributed by atoms with E-state index < -0.39 is 0 Å². The number of nitrogens with zero attached hydrogens (tertiary/aromatic N) is 2. The van der Waals surface area contributed by atoms with Crippen molar-refractivity contribution in [1.29, 1.82) is 0 Å². The molecule has 1 rings (SSSR count). The molecule has 0 atom stereocenters. The van der Waals surface area contributed by atoms with Crippen molar-refractivity contribution in [1.82, 2.24) is 4.90 Å². The highest BCUT2D eigenvalue weighted by molar-refractivity contribution is 5.93. The summed E-state index contributed by atoms with van der Waals surface area (Å²) < 4.78 is 5.22. The largest absolute Gasteiger partial charge is 0.495 e. The van der Waals surface area contributed by atoms with Gasteiger partial charge in [0.2, 0.25) is 5.91 Å². The molecule has 0 radical (unpaired) electrons. The highest BCUT2D eigenvalue weighted by atomic mass is 16.5. The Labute approximate surface area is 126 Å². The van der Waals surface area contributed by atoms with E-state index in [9.17, 15) is 4.79 Å². The quantitative estimate of drug-likeness (QED) is 0.592. The predicted molar refractivity (Wildman–Crippen MR) is 85.7 cm³/mol. The normalized spacial score (nSPS) is 11.1. The maximum absolute atomic E-state index is 11.8. The summed E-state index contributed by atoms with van der Waals surface area (Å²) in [4.78, 5) is 17.8. The first-order valence-electron chi connectivity index (χ1n) is 7.10. The molecule has 0 aliphatic carbocycles. The molecule has 116 valence electrons. The minimum Gasteiger partial charge on any atom is -0.495 e. The van der Waals surface area contributed by atoms with Gasteiger partial charge in [-0.05, 0) is 26.0 Å². The second-order valence-corrected chi connectivity index (χ2v) is 4.41. The summed E-state index contributed by atoms with van der Waals surface area (Å²) in [5, 5.41) is 2.97. The molecule has 0 spiro atoms. The van der Waals surface area contributed by atoms with Gasteiger partial charge in [0.15, 0.2) is 5.96 Å². The Morgan fingerprint density at radius 3 is 2.62 bits per heavy atom. The van der Waals surface area contributed by atoms with Gasteiger partial charge >= 0.3 is 0 Å². The summed E-state index contributed by atoms with van der Waals surface area (Å²) in [5.74, 6) is 1.05. The fourth-order valence-corrected chi connectivity index (χ4v) is 1.93. The van der Waals surface area contributed by atoms with E-state index in [1.807, 2.05) is 38.1 Å². The van der Waals surface area contributed by atoms with Gasteiger partial charge in [0.05, 0.1) is 19.3 Å². The zero-order chi connectivity index (χ0) is 15.7. The summed E-state index contributed by atoms with van der Waals surface area (Å²) in [7, 11) is 1.59. The Bertz CT molecular complexity index is 484. The maximum atomic E-state index is 11.8. The average molecular weight is 292 g/mol. The van der Waals surface area contributed by atoms with Crippen molar-refractivity contribution in [2.75, 3.05) is 32.1 Å². The number of aliphatic imine (C=N–C) groups is 1. The van der Waals surface area contributed by atoms with Gasteiger partial charge in [-0.3, -0.25) is 9.79 Å². The van der Waals surface area contributed by atoms with E-state index in [4.69, 9.17) is 10.5 Å². The molecule has 0 aliphatic heterocycles. The topological polar surface area (TPSA) is 80.0 Å². The fourth-order valence-electron chi connectivity index (χ4n) is 1.93. The third-order valence-corrected chi connectivity index (χ3v) is 3.09. The van der Waals surface area contributed by atoms with Crippen molar-refractivity contribution >= 4 is 17.6 Å². The lowest BCUT2D eigenvalue weighted by molar-refractivity contribution is -0.130. The average Bonchev–Trinajstić information content (AvgIpc) is 2.49. The zero-order valence-electron chi connectivity index (χ0n) is 12.9. The van der Waals surface area contributed by atoms with Crippen molar-refractivity contribution < 1.29 is 9.53 Å². The smallest absolute Gasteiger partial charge is 0.224 e. The predicted octanol–water partition coefficient (Wildman–Crippen LogP) is 1.68. The molecule has 0 fully saturated rings. The summed E-state index contributed by atoms with van der Waals surface area (Å²) >= 11 is 0. The number of guanidine groups is 1. The number of nitrogens with one attached hydrogen (secondary N) is 1. The van der Waals surface area contributed by atoms with Gasteiger partial charge in [-0.15, -0.1) is 0 Å². The number of anilines is 1. The molecule has 21 heavy (non-hydrogen) atoms. The third kappa shape index (κ3) is 5.33. The van der Waals surface area contributed by atoms with Gasteiger partial charge in [-0.25, -0.2) is 0 Å². The molecule has 0 aliphatic rings. The number of nitrogens with two attached hydrogens (primary N) is 1. The number of amides is 1. The van der Waals surface area contributed by atoms with Crippen LogP contribution in [0.5, 0.6) is 5.75 Å². The molecule has 0 aromatic heterocycles. The Balaban J connectivity index is 2.52. The number of benzene rings is 1. The first kappa shape index (κ1) is 16.8. The van der Waals surface area contributed by atoms with Crippen molar-refractivity contribution in [3.63, 3.8) is 0 Å². The Hall–Kier alpha value is -2.24. The van der Waals surface area contributed by atoms with E-state index in [0.717, 1.165) is 5.69 Å². The van der Waals surface area contributed by atoms with Crippen molar-refractivity contribution in [2.45, 2.75) is 20.3 Å². The molecule has 1 amide bonds. The number of hydrogen-bond acceptors (Lipinski definition) is 3. The monoisotopic (exact) mass is 292 g/mol. The lowest BCUT2D eigenvalue weighted by Gasteiger charge is -2.17. The molecular weight excluding hydrogens is 268 g/mol. The Kier molecular flexibility index (Phi) is 7.08. The summed E-state index contributed by atoms with van der Waals surface area (Å²) in [6.07, 6.45) is 0.357. The van der Waals surface area contributed by atoms with Crippen LogP contribution >= 0.6 is 0 Å². The lowest BCUT2D eigenvalue weighted by Crippen LogP contribution is -2.31. The number of hydrogen-bond donors (Lipinski definition) is 2. The molecule has 6 nitrogen and oxygen atoms in total. The van der Waals surface area contributed by atoms with Gasteiger partial charge in [0.25, 0.3) is 0 Å². The summed E-state index contributed by atoms with van der Waals surface area (Å²) in [5.41, 5.74) is 6.56. The maximum Gasteiger partial charge on any atom is 0.224 e. The molecule has 6 heteroatoms. The molecule has 0 saturated carbocycles. The van der Waals surface area contributed by atoms with Crippen LogP contribution in [0.1, 0.15) is 20.3 Å². The second-order valence-electron chi connectivity index (χ2n) is 4.41. The van der Waals surface area contributed by atoms with Crippen LogP contribution in [0.3, 0.4) is 0 Å². The molecule has 0 saturated heterocycles. The van der Waals surface area contributed by atoms with E-state index in [1.54, 1.807) is 12.0 Å².